The van der Waals surface area contributed by atoms with Gasteiger partial charge in [-0.15, -0.1) is 11.3 Å². The molecule has 0 amide bonds. The Bertz CT molecular complexity index is 1880. The lowest BCUT2D eigenvalue weighted by molar-refractivity contribution is 1.60. The predicted octanol–water partition coefficient (Wildman–Crippen LogP) is 10.1. The molecule has 39 heavy (non-hydrogen) atoms. The van der Waals surface area contributed by atoms with Crippen LogP contribution in [0.15, 0.2) is 150 Å². The molecule has 184 valence electrons. The van der Waals surface area contributed by atoms with Crippen LogP contribution in [0.25, 0.3) is 64.7 Å². The van der Waals surface area contributed by atoms with Crippen molar-refractivity contribution in [2.45, 2.75) is 0 Å². The molecule has 0 aliphatic rings. The molecule has 0 fully saturated rings. The van der Waals surface area contributed by atoms with Crippen LogP contribution in [-0.4, -0.2) is 0 Å². The van der Waals surface area contributed by atoms with Crippen LogP contribution in [0.3, 0.4) is 0 Å². The largest absolute Gasteiger partial charge is 0.289 e. The molecule has 6 aromatic carbocycles. The number of rotatable bonds is 4. The van der Waals surface area contributed by atoms with Crippen LogP contribution in [0.4, 0.5) is 0 Å². The van der Waals surface area contributed by atoms with Crippen molar-refractivity contribution in [2.75, 3.05) is 0 Å². The van der Waals surface area contributed by atoms with E-state index < -0.39 is 0 Å². The zero-order valence-electron chi connectivity index (χ0n) is 21.2. The van der Waals surface area contributed by atoms with E-state index in [0.29, 0.717) is 0 Å². The average molecular weight is 517 g/mol. The first-order chi connectivity index (χ1) is 19.2. The molecular formula is C37H24OS. The summed E-state index contributed by atoms with van der Waals surface area (Å²) < 4.78 is 2.01. The minimum atomic E-state index is 0.0907. The summed E-state index contributed by atoms with van der Waals surface area (Å²) in [5.74, 6) is 0. The SMILES string of the molecule is O=c1c2ccc(-c3cccc(-c4ccccc4)c3)cc2sc2cc(-c3cccc(-c4ccccc4)c3)ccc12. The summed E-state index contributed by atoms with van der Waals surface area (Å²) in [6.45, 7) is 0. The maximum atomic E-state index is 13.5. The van der Waals surface area contributed by atoms with Gasteiger partial charge in [-0.2, -0.15) is 0 Å². The molecular weight excluding hydrogens is 492 g/mol. The second kappa shape index (κ2) is 9.83. The van der Waals surface area contributed by atoms with E-state index in [4.69, 9.17) is 0 Å². The fourth-order valence-electron chi connectivity index (χ4n) is 5.23. The van der Waals surface area contributed by atoms with Crippen molar-refractivity contribution < 1.29 is 0 Å². The number of fused-ring (bicyclic) bond motifs is 2. The molecule has 0 N–H and O–H groups in total. The van der Waals surface area contributed by atoms with Gasteiger partial charge >= 0.3 is 0 Å². The van der Waals surface area contributed by atoms with Gasteiger partial charge in [-0.25, -0.2) is 0 Å². The van der Waals surface area contributed by atoms with Crippen LogP contribution >= 0.6 is 11.3 Å². The summed E-state index contributed by atoms with van der Waals surface area (Å²) in [5.41, 5.74) is 9.36. The number of hydrogen-bond acceptors (Lipinski definition) is 2. The molecule has 1 heterocycles. The molecule has 0 bridgehead atoms. The Labute approximate surface area is 231 Å². The summed E-state index contributed by atoms with van der Waals surface area (Å²) in [5, 5.41) is 1.54. The molecule has 2 heteroatoms. The first-order valence-electron chi connectivity index (χ1n) is 13.1. The zero-order valence-corrected chi connectivity index (χ0v) is 22.0. The third-order valence-electron chi connectivity index (χ3n) is 7.28. The predicted molar refractivity (Wildman–Crippen MR) is 167 cm³/mol. The van der Waals surface area contributed by atoms with Crippen molar-refractivity contribution in [1.82, 2.24) is 0 Å². The van der Waals surface area contributed by atoms with Crippen molar-refractivity contribution in [2.24, 2.45) is 0 Å². The topological polar surface area (TPSA) is 17.1 Å². The lowest BCUT2D eigenvalue weighted by atomic mass is 9.98. The van der Waals surface area contributed by atoms with Crippen LogP contribution in [0.5, 0.6) is 0 Å². The van der Waals surface area contributed by atoms with E-state index in [2.05, 4.69) is 121 Å². The zero-order chi connectivity index (χ0) is 26.2. The van der Waals surface area contributed by atoms with E-state index in [1.165, 1.54) is 22.3 Å². The molecule has 0 radical (unpaired) electrons. The smallest absolute Gasteiger partial charge is 0.195 e. The Morgan fingerprint density at radius 3 is 1.13 bits per heavy atom. The van der Waals surface area contributed by atoms with Crippen molar-refractivity contribution in [3.8, 4) is 44.5 Å². The van der Waals surface area contributed by atoms with Gasteiger partial charge in [0.15, 0.2) is 5.43 Å². The minimum Gasteiger partial charge on any atom is -0.289 e. The third-order valence-corrected chi connectivity index (χ3v) is 8.39. The molecule has 0 aliphatic heterocycles. The van der Waals surface area contributed by atoms with E-state index in [1.807, 2.05) is 24.3 Å². The third kappa shape index (κ3) is 4.46. The quantitative estimate of drug-likeness (QED) is 0.213. The maximum Gasteiger partial charge on any atom is 0.195 e. The van der Waals surface area contributed by atoms with Crippen LogP contribution in [0.1, 0.15) is 0 Å². The summed E-state index contributed by atoms with van der Waals surface area (Å²) >= 11 is 1.68. The second-order valence-corrected chi connectivity index (χ2v) is 10.8. The molecule has 0 atom stereocenters. The molecule has 7 rings (SSSR count). The van der Waals surface area contributed by atoms with Gasteiger partial charge < -0.3 is 0 Å². The van der Waals surface area contributed by atoms with Gasteiger partial charge in [-0.3, -0.25) is 4.79 Å². The van der Waals surface area contributed by atoms with E-state index in [-0.39, 0.29) is 5.43 Å². The number of benzene rings is 6. The van der Waals surface area contributed by atoms with Gasteiger partial charge in [0.05, 0.1) is 0 Å². The average Bonchev–Trinajstić information content (AvgIpc) is 3.02. The van der Waals surface area contributed by atoms with E-state index in [1.54, 1.807) is 11.3 Å². The summed E-state index contributed by atoms with van der Waals surface area (Å²) in [6, 6.07) is 50.4. The van der Waals surface area contributed by atoms with Gasteiger partial charge in [0.2, 0.25) is 0 Å². The maximum absolute atomic E-state index is 13.5. The molecule has 0 saturated heterocycles. The van der Waals surface area contributed by atoms with Crippen LogP contribution in [-0.2, 0) is 0 Å². The lowest BCUT2D eigenvalue weighted by Gasteiger charge is -2.09. The van der Waals surface area contributed by atoms with E-state index in [9.17, 15) is 4.79 Å². The molecule has 1 aromatic heterocycles. The highest BCUT2D eigenvalue weighted by molar-refractivity contribution is 7.24. The Hall–Kier alpha value is -4.79. The van der Waals surface area contributed by atoms with Crippen molar-refractivity contribution in [3.63, 3.8) is 0 Å². The summed E-state index contributed by atoms with van der Waals surface area (Å²) in [4.78, 5) is 13.5. The van der Waals surface area contributed by atoms with Crippen molar-refractivity contribution >= 4 is 31.5 Å². The van der Waals surface area contributed by atoms with Gasteiger partial charge in [0.25, 0.3) is 0 Å². The molecule has 0 aliphatic carbocycles. The van der Waals surface area contributed by atoms with Gasteiger partial charge in [0.1, 0.15) is 0 Å². The lowest BCUT2D eigenvalue weighted by Crippen LogP contribution is -2.01. The first-order valence-corrected chi connectivity index (χ1v) is 13.9. The minimum absolute atomic E-state index is 0.0907. The molecule has 0 unspecified atom stereocenters. The highest BCUT2D eigenvalue weighted by atomic mass is 32.1. The highest BCUT2D eigenvalue weighted by Crippen LogP contribution is 2.34. The molecule has 1 nitrogen and oxygen atoms in total. The molecule has 7 aromatic rings. The van der Waals surface area contributed by atoms with E-state index >= 15 is 0 Å². The monoisotopic (exact) mass is 516 g/mol. The molecule has 0 spiro atoms. The summed E-state index contributed by atoms with van der Waals surface area (Å²) in [7, 11) is 0. The van der Waals surface area contributed by atoms with Crippen molar-refractivity contribution in [1.29, 1.82) is 0 Å². The fraction of sp³-hybridized carbons (Fsp3) is 0. The van der Waals surface area contributed by atoms with Crippen LogP contribution in [0.2, 0.25) is 0 Å². The standard InChI is InChI=1S/C37H24OS/c38-37-33-19-17-31(29-15-7-13-27(21-29)25-9-3-1-4-10-25)23-35(33)39-36-24-32(18-20-34(36)37)30-16-8-14-28(22-30)26-11-5-2-6-12-26/h1-24H. The van der Waals surface area contributed by atoms with Gasteiger partial charge in [-0.1, -0.05) is 109 Å². The van der Waals surface area contributed by atoms with Gasteiger partial charge in [0, 0.05) is 20.2 Å². The Morgan fingerprint density at radius 1 is 0.333 bits per heavy atom. The first kappa shape index (κ1) is 23.3. The van der Waals surface area contributed by atoms with Crippen molar-refractivity contribution in [3.05, 3.63) is 156 Å². The Morgan fingerprint density at radius 2 is 0.692 bits per heavy atom. The van der Waals surface area contributed by atoms with Gasteiger partial charge in [-0.05, 0) is 80.9 Å². The molecule has 0 saturated carbocycles. The highest BCUT2D eigenvalue weighted by Gasteiger charge is 2.10. The van der Waals surface area contributed by atoms with Crippen LogP contribution in [0, 0.1) is 0 Å². The Kier molecular flexibility index (Phi) is 5.88. The fourth-order valence-corrected chi connectivity index (χ4v) is 6.38. The normalized spacial score (nSPS) is 11.2. The summed E-state index contributed by atoms with van der Waals surface area (Å²) in [6.07, 6.45) is 0. The van der Waals surface area contributed by atoms with Crippen LogP contribution < -0.4 is 5.43 Å². The van der Waals surface area contributed by atoms with E-state index in [0.717, 1.165) is 42.4 Å². The Balaban J connectivity index is 1.31. The number of hydrogen-bond donors (Lipinski definition) is 0. The second-order valence-electron chi connectivity index (χ2n) is 9.75.